The number of carbonyl (C=O) groups is 1. The van der Waals surface area contributed by atoms with Crippen molar-refractivity contribution >= 4 is 11.7 Å². The first-order chi connectivity index (χ1) is 9.04. The van der Waals surface area contributed by atoms with E-state index in [1.165, 1.54) is 0 Å². The Bertz CT molecular complexity index is 464. The summed E-state index contributed by atoms with van der Waals surface area (Å²) in [5.74, 6) is 0. The Labute approximate surface area is 113 Å². The molecule has 0 saturated carbocycles. The number of nitrogens with zero attached hydrogens (tertiary/aromatic N) is 1. The van der Waals surface area contributed by atoms with Gasteiger partial charge in [-0.25, -0.2) is 4.79 Å². The molecule has 1 aromatic rings. The molecular formula is C14H21N3O2. The highest BCUT2D eigenvalue weighted by Crippen LogP contribution is 2.18. The molecule has 5 heteroatoms. The number of anilines is 1. The van der Waals surface area contributed by atoms with Crippen LogP contribution in [-0.4, -0.2) is 29.9 Å². The molecule has 1 saturated heterocycles. The summed E-state index contributed by atoms with van der Waals surface area (Å²) in [7, 11) is 0. The fourth-order valence-electron chi connectivity index (χ4n) is 1.97. The van der Waals surface area contributed by atoms with Crippen LogP contribution < -0.4 is 10.7 Å². The summed E-state index contributed by atoms with van der Waals surface area (Å²) >= 11 is 0. The first-order valence-electron chi connectivity index (χ1n) is 6.60. The molecule has 1 unspecified atom stereocenters. The van der Waals surface area contributed by atoms with Gasteiger partial charge in [-0.3, -0.25) is 5.01 Å². The van der Waals surface area contributed by atoms with E-state index in [0.717, 1.165) is 17.7 Å². The van der Waals surface area contributed by atoms with Crippen molar-refractivity contribution in [3.8, 4) is 0 Å². The first-order valence-corrected chi connectivity index (χ1v) is 6.60. The van der Waals surface area contributed by atoms with E-state index in [1.807, 2.05) is 45.0 Å². The van der Waals surface area contributed by atoms with Crippen molar-refractivity contribution in [3.05, 3.63) is 29.8 Å². The molecule has 1 aliphatic heterocycles. The van der Waals surface area contributed by atoms with Gasteiger partial charge in [-0.05, 0) is 31.9 Å². The van der Waals surface area contributed by atoms with Gasteiger partial charge in [0.15, 0.2) is 0 Å². The van der Waals surface area contributed by atoms with Crippen molar-refractivity contribution in [1.29, 1.82) is 0 Å². The fraction of sp³-hybridized carbons (Fsp3) is 0.500. The average Bonchev–Trinajstić information content (AvgIpc) is 2.41. The average molecular weight is 263 g/mol. The summed E-state index contributed by atoms with van der Waals surface area (Å²) in [5, 5.41) is 4.49. The highest BCUT2D eigenvalue weighted by Gasteiger charge is 2.31. The van der Waals surface area contributed by atoms with E-state index in [2.05, 4.69) is 10.7 Å². The SMILES string of the molecule is CCC1(C)NN(C(=O)Nc2ccccc2C)CCO1. The zero-order valence-corrected chi connectivity index (χ0v) is 11.7. The highest BCUT2D eigenvalue weighted by molar-refractivity contribution is 5.89. The summed E-state index contributed by atoms with van der Waals surface area (Å²) in [6, 6.07) is 7.57. The zero-order valence-electron chi connectivity index (χ0n) is 11.7. The maximum atomic E-state index is 12.2. The molecule has 0 bridgehead atoms. The molecule has 1 aliphatic rings. The van der Waals surface area contributed by atoms with Gasteiger partial charge in [-0.1, -0.05) is 25.1 Å². The lowest BCUT2D eigenvalue weighted by molar-refractivity contribution is -0.136. The fourth-order valence-corrected chi connectivity index (χ4v) is 1.97. The number of nitrogens with one attached hydrogen (secondary N) is 2. The topological polar surface area (TPSA) is 53.6 Å². The Morgan fingerprint density at radius 1 is 1.53 bits per heavy atom. The molecule has 5 nitrogen and oxygen atoms in total. The minimum atomic E-state index is -0.471. The number of carbonyl (C=O) groups excluding carboxylic acids is 1. The van der Waals surface area contributed by atoms with Crippen LogP contribution >= 0.6 is 0 Å². The van der Waals surface area contributed by atoms with E-state index in [0.29, 0.717) is 13.2 Å². The second-order valence-corrected chi connectivity index (χ2v) is 4.94. The van der Waals surface area contributed by atoms with E-state index >= 15 is 0 Å². The first kappa shape index (κ1) is 13.8. The van der Waals surface area contributed by atoms with Gasteiger partial charge in [-0.15, -0.1) is 0 Å². The molecular weight excluding hydrogens is 242 g/mol. The lowest BCUT2D eigenvalue weighted by atomic mass is 10.2. The van der Waals surface area contributed by atoms with E-state index in [-0.39, 0.29) is 6.03 Å². The number of hydrazine groups is 1. The summed E-state index contributed by atoms with van der Waals surface area (Å²) in [5.41, 5.74) is 4.52. The molecule has 104 valence electrons. The molecule has 0 spiro atoms. The molecule has 19 heavy (non-hydrogen) atoms. The number of urea groups is 1. The molecule has 0 aromatic heterocycles. The predicted octanol–water partition coefficient (Wildman–Crippen LogP) is 2.49. The van der Waals surface area contributed by atoms with Gasteiger partial charge in [-0.2, -0.15) is 5.43 Å². The summed E-state index contributed by atoms with van der Waals surface area (Å²) < 4.78 is 5.64. The Morgan fingerprint density at radius 2 is 2.26 bits per heavy atom. The number of hydrogen-bond donors (Lipinski definition) is 2. The number of aryl methyl sites for hydroxylation is 1. The Morgan fingerprint density at radius 3 is 2.95 bits per heavy atom. The quantitative estimate of drug-likeness (QED) is 0.862. The van der Waals surface area contributed by atoms with E-state index in [1.54, 1.807) is 5.01 Å². The Balaban J connectivity index is 2.02. The van der Waals surface area contributed by atoms with Crippen molar-refractivity contribution in [3.63, 3.8) is 0 Å². The Kier molecular flexibility index (Phi) is 4.07. The number of rotatable bonds is 2. The van der Waals surface area contributed by atoms with Gasteiger partial charge < -0.3 is 10.1 Å². The van der Waals surface area contributed by atoms with E-state index in [9.17, 15) is 4.79 Å². The van der Waals surface area contributed by atoms with Crippen LogP contribution in [0.1, 0.15) is 25.8 Å². The van der Waals surface area contributed by atoms with Crippen LogP contribution in [0.25, 0.3) is 0 Å². The van der Waals surface area contributed by atoms with Crippen molar-refractivity contribution in [2.75, 3.05) is 18.5 Å². The third-order valence-electron chi connectivity index (χ3n) is 3.41. The van der Waals surface area contributed by atoms with Crippen molar-refractivity contribution in [2.24, 2.45) is 0 Å². The summed E-state index contributed by atoms with van der Waals surface area (Å²) in [6.07, 6.45) is 0.793. The van der Waals surface area contributed by atoms with Crippen LogP contribution in [0.3, 0.4) is 0 Å². The van der Waals surface area contributed by atoms with Crippen molar-refractivity contribution < 1.29 is 9.53 Å². The largest absolute Gasteiger partial charge is 0.357 e. The van der Waals surface area contributed by atoms with Crippen LogP contribution in [0, 0.1) is 6.92 Å². The zero-order chi connectivity index (χ0) is 13.9. The van der Waals surface area contributed by atoms with Gasteiger partial charge in [0.2, 0.25) is 0 Å². The highest BCUT2D eigenvalue weighted by atomic mass is 16.5. The molecule has 1 heterocycles. The monoisotopic (exact) mass is 263 g/mol. The Hall–Kier alpha value is -1.59. The lowest BCUT2D eigenvalue weighted by Crippen LogP contribution is -2.62. The molecule has 1 aromatic carbocycles. The number of ether oxygens (including phenoxy) is 1. The normalized spacial score (nSPS) is 23.2. The maximum Gasteiger partial charge on any atom is 0.336 e. The molecule has 0 aliphatic carbocycles. The van der Waals surface area contributed by atoms with E-state index in [4.69, 9.17) is 4.74 Å². The minimum Gasteiger partial charge on any atom is -0.357 e. The standard InChI is InChI=1S/C14H21N3O2/c1-4-14(3)16-17(9-10-19-14)13(18)15-12-8-6-5-7-11(12)2/h5-8,16H,4,9-10H2,1-3H3,(H,15,18). The third-order valence-corrected chi connectivity index (χ3v) is 3.41. The maximum absolute atomic E-state index is 12.2. The van der Waals surface area contributed by atoms with E-state index < -0.39 is 5.72 Å². The molecule has 2 N–H and O–H groups in total. The van der Waals surface area contributed by atoms with Crippen LogP contribution in [-0.2, 0) is 4.74 Å². The summed E-state index contributed by atoms with van der Waals surface area (Å²) in [4.78, 5) is 12.2. The number of para-hydroxylation sites is 1. The molecule has 2 rings (SSSR count). The smallest absolute Gasteiger partial charge is 0.336 e. The second kappa shape index (κ2) is 5.59. The van der Waals surface area contributed by atoms with Crippen LogP contribution in [0.5, 0.6) is 0 Å². The second-order valence-electron chi connectivity index (χ2n) is 4.94. The van der Waals surface area contributed by atoms with Crippen LogP contribution in [0.2, 0.25) is 0 Å². The molecule has 1 fully saturated rings. The number of benzene rings is 1. The van der Waals surface area contributed by atoms with Gasteiger partial charge in [0, 0.05) is 5.69 Å². The molecule has 1 atom stereocenters. The van der Waals surface area contributed by atoms with Gasteiger partial charge in [0.1, 0.15) is 5.72 Å². The lowest BCUT2D eigenvalue weighted by Gasteiger charge is -2.40. The van der Waals surface area contributed by atoms with Gasteiger partial charge in [0.25, 0.3) is 0 Å². The molecule has 2 amide bonds. The number of hydrogen-bond acceptors (Lipinski definition) is 3. The van der Waals surface area contributed by atoms with Gasteiger partial charge >= 0.3 is 6.03 Å². The molecule has 0 radical (unpaired) electrons. The third kappa shape index (κ3) is 3.24. The van der Waals surface area contributed by atoms with Crippen LogP contribution in [0.15, 0.2) is 24.3 Å². The summed E-state index contributed by atoms with van der Waals surface area (Å²) in [6.45, 7) is 7.01. The minimum absolute atomic E-state index is 0.155. The van der Waals surface area contributed by atoms with Crippen molar-refractivity contribution in [2.45, 2.75) is 32.9 Å². The predicted molar refractivity (Wildman–Crippen MR) is 74.7 cm³/mol. The van der Waals surface area contributed by atoms with Crippen LogP contribution in [0.4, 0.5) is 10.5 Å². The van der Waals surface area contributed by atoms with Crippen molar-refractivity contribution in [1.82, 2.24) is 10.4 Å². The number of amides is 2. The van der Waals surface area contributed by atoms with Gasteiger partial charge in [0.05, 0.1) is 13.2 Å².